The fraction of sp³-hybridized carbons (Fsp3) is 0.0741. The van der Waals surface area contributed by atoms with E-state index in [0.717, 1.165) is 6.54 Å². The molecule has 2 aliphatic heterocycles. The summed E-state index contributed by atoms with van der Waals surface area (Å²) >= 11 is -1.18. The molecule has 0 aromatic heterocycles. The Kier molecular flexibility index (Phi) is 5.03. The van der Waals surface area contributed by atoms with Crippen molar-refractivity contribution >= 4 is 54.6 Å². The Balaban J connectivity index is 1.94. The molecule has 1 nitrogen and oxygen atoms in total. The van der Waals surface area contributed by atoms with Crippen molar-refractivity contribution in [2.24, 2.45) is 0 Å². The van der Waals surface area contributed by atoms with Gasteiger partial charge in [-0.3, -0.25) is 0 Å². The molecule has 3 aromatic carbocycles. The number of rotatable bonds is 2. The number of hydrogen-bond acceptors (Lipinski definition) is 0. The van der Waals surface area contributed by atoms with Crippen LogP contribution in [-0.2, 0) is 0 Å². The SMILES string of the molecule is CI1C=Cc2c(c([N+]3=CC=CC=CC3)c3ccccc3c2-c2ccccc2)C=C1. The summed E-state index contributed by atoms with van der Waals surface area (Å²) in [6, 6.07) is 19.7. The van der Waals surface area contributed by atoms with E-state index in [1.807, 2.05) is 0 Å². The van der Waals surface area contributed by atoms with Gasteiger partial charge in [-0.05, 0) is 0 Å². The molecule has 5 rings (SSSR count). The molecule has 29 heavy (non-hydrogen) atoms. The summed E-state index contributed by atoms with van der Waals surface area (Å²) in [4.78, 5) is 2.40. The van der Waals surface area contributed by atoms with Crippen LogP contribution in [0.25, 0.3) is 34.1 Å². The second-order valence-corrected chi connectivity index (χ2v) is 11.9. The monoisotopic (exact) mass is 488 g/mol. The van der Waals surface area contributed by atoms with E-state index < -0.39 is 19.8 Å². The number of hydrogen-bond donors (Lipinski definition) is 0. The van der Waals surface area contributed by atoms with Crippen molar-refractivity contribution in [2.45, 2.75) is 0 Å². The third kappa shape index (κ3) is 3.42. The van der Waals surface area contributed by atoms with E-state index in [0.29, 0.717) is 0 Å². The van der Waals surface area contributed by atoms with Crippen LogP contribution in [0, 0.1) is 0 Å². The zero-order valence-electron chi connectivity index (χ0n) is 16.4. The number of nitrogens with zero attached hydrogens (tertiary/aromatic N) is 1. The van der Waals surface area contributed by atoms with Crippen LogP contribution in [0.1, 0.15) is 11.1 Å². The van der Waals surface area contributed by atoms with Crippen molar-refractivity contribution in [3.05, 3.63) is 98.2 Å². The van der Waals surface area contributed by atoms with E-state index in [-0.39, 0.29) is 0 Å². The van der Waals surface area contributed by atoms with Crippen molar-refractivity contribution in [1.82, 2.24) is 0 Å². The number of benzene rings is 3. The summed E-state index contributed by atoms with van der Waals surface area (Å²) in [5.74, 6) is 0. The molecule has 142 valence electrons. The molecule has 0 fully saturated rings. The van der Waals surface area contributed by atoms with Gasteiger partial charge in [-0.1, -0.05) is 0 Å². The van der Waals surface area contributed by atoms with Gasteiger partial charge in [0.25, 0.3) is 0 Å². The summed E-state index contributed by atoms with van der Waals surface area (Å²) in [7, 11) is 0. The van der Waals surface area contributed by atoms with Gasteiger partial charge < -0.3 is 0 Å². The van der Waals surface area contributed by atoms with E-state index >= 15 is 0 Å². The predicted octanol–water partition coefficient (Wildman–Crippen LogP) is 7.44. The average molecular weight is 488 g/mol. The Hall–Kier alpha value is -2.72. The molecule has 0 bridgehead atoms. The molecule has 0 spiro atoms. The van der Waals surface area contributed by atoms with Gasteiger partial charge in [-0.15, -0.1) is 0 Å². The quantitative estimate of drug-likeness (QED) is 0.200. The maximum atomic E-state index is 2.46. The first kappa shape index (κ1) is 18.3. The van der Waals surface area contributed by atoms with E-state index in [1.165, 1.54) is 38.7 Å². The zero-order chi connectivity index (χ0) is 19.6. The van der Waals surface area contributed by atoms with Crippen LogP contribution in [0.4, 0.5) is 5.69 Å². The second kappa shape index (κ2) is 7.96. The van der Waals surface area contributed by atoms with Crippen LogP contribution < -0.4 is 0 Å². The van der Waals surface area contributed by atoms with Crippen LogP contribution in [-0.4, -0.2) is 22.3 Å². The molecule has 3 aromatic rings. The molecule has 0 saturated heterocycles. The van der Waals surface area contributed by atoms with Gasteiger partial charge in [0.2, 0.25) is 0 Å². The molecule has 0 aliphatic carbocycles. The fourth-order valence-corrected chi connectivity index (χ4v) is 6.18. The molecule has 0 atom stereocenters. The van der Waals surface area contributed by atoms with Gasteiger partial charge in [0, 0.05) is 0 Å². The molecular weight excluding hydrogens is 465 g/mol. The molecule has 0 unspecified atom stereocenters. The minimum atomic E-state index is -1.18. The predicted molar refractivity (Wildman–Crippen MR) is 137 cm³/mol. The minimum absolute atomic E-state index is 0.875. The molecule has 0 saturated carbocycles. The second-order valence-electron chi connectivity index (χ2n) is 7.22. The normalized spacial score (nSPS) is 16.4. The van der Waals surface area contributed by atoms with Gasteiger partial charge in [0.1, 0.15) is 0 Å². The fourth-order valence-electron chi connectivity index (χ4n) is 4.09. The molecule has 2 heteroatoms. The van der Waals surface area contributed by atoms with Gasteiger partial charge in [-0.2, -0.15) is 0 Å². The number of halogens is 1. The third-order valence-electron chi connectivity index (χ3n) is 5.40. The average Bonchev–Trinajstić information content (AvgIpc) is 3.14. The van der Waals surface area contributed by atoms with Crippen molar-refractivity contribution < 1.29 is 4.58 Å². The van der Waals surface area contributed by atoms with Gasteiger partial charge in [0.15, 0.2) is 0 Å². The van der Waals surface area contributed by atoms with Crippen molar-refractivity contribution in [3.8, 4) is 11.1 Å². The summed E-state index contributed by atoms with van der Waals surface area (Å²) in [6.07, 6.45) is 15.6. The first-order chi connectivity index (χ1) is 14.3. The summed E-state index contributed by atoms with van der Waals surface area (Å²) < 4.78 is 7.31. The van der Waals surface area contributed by atoms with Crippen LogP contribution in [0.3, 0.4) is 0 Å². The van der Waals surface area contributed by atoms with Crippen molar-refractivity contribution in [1.29, 1.82) is 0 Å². The maximum absolute atomic E-state index is 2.46. The van der Waals surface area contributed by atoms with Gasteiger partial charge in [0.05, 0.1) is 0 Å². The molecule has 2 heterocycles. The number of allylic oxidation sites excluding steroid dienone is 3. The van der Waals surface area contributed by atoms with Crippen molar-refractivity contribution in [3.63, 3.8) is 0 Å². The van der Waals surface area contributed by atoms with E-state index in [1.54, 1.807) is 0 Å². The Labute approximate surface area is 179 Å². The Morgan fingerprint density at radius 1 is 0.759 bits per heavy atom. The first-order valence-corrected chi connectivity index (χ1v) is 14.5. The van der Waals surface area contributed by atoms with Crippen LogP contribution >= 0.6 is 19.8 Å². The zero-order valence-corrected chi connectivity index (χ0v) is 18.6. The Morgan fingerprint density at radius 2 is 1.48 bits per heavy atom. The number of fused-ring (bicyclic) bond motifs is 2. The Morgan fingerprint density at radius 3 is 2.31 bits per heavy atom. The van der Waals surface area contributed by atoms with Crippen LogP contribution in [0.5, 0.6) is 0 Å². The molecule has 2 aliphatic rings. The molecular formula is C27H23IN+. The molecule has 0 amide bonds. The first-order valence-electron chi connectivity index (χ1n) is 9.84. The molecule has 0 N–H and O–H groups in total. The van der Waals surface area contributed by atoms with Crippen LogP contribution in [0.2, 0.25) is 0 Å². The standard InChI is InChI=1S/C27H23IN/c1-28-17-15-23-25(16-18-28)27(29-19-9-2-3-10-20-29)24-14-8-7-13-22(24)26(23)21-11-5-4-6-12-21/h2-19H,20H2,1H3/q+1. The Bertz CT molecular complexity index is 1230. The van der Waals surface area contributed by atoms with E-state index in [4.69, 9.17) is 0 Å². The van der Waals surface area contributed by atoms with E-state index in [9.17, 15) is 0 Å². The third-order valence-corrected chi connectivity index (χ3v) is 8.39. The van der Waals surface area contributed by atoms with Gasteiger partial charge in [-0.25, -0.2) is 0 Å². The summed E-state index contributed by atoms with van der Waals surface area (Å²) in [6.45, 7) is 0.875. The van der Waals surface area contributed by atoms with E-state index in [2.05, 4.69) is 115 Å². The van der Waals surface area contributed by atoms with Crippen LogP contribution in [0.15, 0.2) is 87.1 Å². The van der Waals surface area contributed by atoms with Gasteiger partial charge >= 0.3 is 180 Å². The topological polar surface area (TPSA) is 3.01 Å². The summed E-state index contributed by atoms with van der Waals surface area (Å²) in [5.41, 5.74) is 6.60. The number of alkyl halides is 1. The van der Waals surface area contributed by atoms with Crippen molar-refractivity contribution in [2.75, 3.05) is 11.5 Å². The summed E-state index contributed by atoms with van der Waals surface area (Å²) in [5, 5.41) is 2.62. The molecule has 0 radical (unpaired) electrons.